The first-order valence-corrected chi connectivity index (χ1v) is 7.83. The van der Waals surface area contributed by atoms with Gasteiger partial charge in [0.05, 0.1) is 17.4 Å². The molecule has 2 aliphatic heterocycles. The molecule has 0 saturated carbocycles. The van der Waals surface area contributed by atoms with Gasteiger partial charge in [-0.05, 0) is 50.7 Å². The minimum atomic E-state index is -0.416. The van der Waals surface area contributed by atoms with Crippen molar-refractivity contribution in [2.45, 2.75) is 38.7 Å². The molecule has 3 rings (SSSR count). The SMILES string of the molecule is CC(=O)c1c(F)cccc1N1CCC(C2CCCO2)CC1. The van der Waals surface area contributed by atoms with Crippen LogP contribution in [-0.2, 0) is 4.74 Å². The molecule has 114 valence electrons. The Labute approximate surface area is 125 Å². The van der Waals surface area contributed by atoms with Gasteiger partial charge in [0, 0.05) is 19.7 Å². The van der Waals surface area contributed by atoms with Crippen LogP contribution in [0.1, 0.15) is 43.0 Å². The number of nitrogens with zero attached hydrogens (tertiary/aromatic N) is 1. The summed E-state index contributed by atoms with van der Waals surface area (Å²) in [6.45, 7) is 4.06. The van der Waals surface area contributed by atoms with Crippen LogP contribution in [0.15, 0.2) is 18.2 Å². The molecule has 0 amide bonds. The first-order valence-electron chi connectivity index (χ1n) is 7.83. The summed E-state index contributed by atoms with van der Waals surface area (Å²) in [7, 11) is 0. The number of ketones is 1. The van der Waals surface area contributed by atoms with E-state index in [1.165, 1.54) is 25.8 Å². The van der Waals surface area contributed by atoms with Crippen molar-refractivity contribution in [2.75, 3.05) is 24.6 Å². The van der Waals surface area contributed by atoms with Gasteiger partial charge in [0.25, 0.3) is 0 Å². The van der Waals surface area contributed by atoms with Gasteiger partial charge in [0.15, 0.2) is 5.78 Å². The van der Waals surface area contributed by atoms with Crippen molar-refractivity contribution < 1.29 is 13.9 Å². The van der Waals surface area contributed by atoms with Crippen molar-refractivity contribution in [3.63, 3.8) is 0 Å². The molecule has 2 saturated heterocycles. The second kappa shape index (κ2) is 6.14. The first kappa shape index (κ1) is 14.5. The van der Waals surface area contributed by atoms with Crippen LogP contribution in [0.3, 0.4) is 0 Å². The van der Waals surface area contributed by atoms with Gasteiger partial charge < -0.3 is 9.64 Å². The maximum Gasteiger partial charge on any atom is 0.164 e. The van der Waals surface area contributed by atoms with Crippen molar-refractivity contribution in [1.82, 2.24) is 0 Å². The molecule has 1 aromatic rings. The molecular formula is C17H22FNO2. The van der Waals surface area contributed by atoms with Crippen molar-refractivity contribution in [1.29, 1.82) is 0 Å². The van der Waals surface area contributed by atoms with Crippen LogP contribution in [0.5, 0.6) is 0 Å². The largest absolute Gasteiger partial charge is 0.378 e. The van der Waals surface area contributed by atoms with E-state index in [0.717, 1.165) is 38.2 Å². The van der Waals surface area contributed by atoms with E-state index in [4.69, 9.17) is 4.74 Å². The highest BCUT2D eigenvalue weighted by molar-refractivity contribution is 6.00. The molecular weight excluding hydrogens is 269 g/mol. The number of anilines is 1. The van der Waals surface area contributed by atoms with Gasteiger partial charge in [0.1, 0.15) is 5.82 Å². The quantitative estimate of drug-likeness (QED) is 0.799. The number of rotatable bonds is 3. The van der Waals surface area contributed by atoms with Crippen LogP contribution in [0, 0.1) is 11.7 Å². The monoisotopic (exact) mass is 291 g/mol. The highest BCUT2D eigenvalue weighted by Gasteiger charge is 2.30. The molecule has 2 fully saturated rings. The number of halogens is 1. The third-order valence-electron chi connectivity index (χ3n) is 4.71. The van der Waals surface area contributed by atoms with E-state index in [-0.39, 0.29) is 11.3 Å². The standard InChI is InChI=1S/C17H22FNO2/c1-12(20)17-14(18)4-2-5-15(17)19-9-7-13(8-10-19)16-6-3-11-21-16/h2,4-5,13,16H,3,6-11H2,1H3. The third-order valence-corrected chi connectivity index (χ3v) is 4.71. The second-order valence-corrected chi connectivity index (χ2v) is 6.07. The normalized spacial score (nSPS) is 23.5. The number of piperidine rings is 1. The summed E-state index contributed by atoms with van der Waals surface area (Å²) in [5.41, 5.74) is 0.973. The van der Waals surface area contributed by atoms with Crippen LogP contribution < -0.4 is 4.90 Å². The zero-order valence-electron chi connectivity index (χ0n) is 12.5. The topological polar surface area (TPSA) is 29.5 Å². The third kappa shape index (κ3) is 2.95. The summed E-state index contributed by atoms with van der Waals surface area (Å²) in [4.78, 5) is 13.9. The van der Waals surface area contributed by atoms with Gasteiger partial charge in [-0.15, -0.1) is 0 Å². The van der Waals surface area contributed by atoms with Gasteiger partial charge in [0.2, 0.25) is 0 Å². The molecule has 2 aliphatic rings. The van der Waals surface area contributed by atoms with Crippen LogP contribution >= 0.6 is 0 Å². The number of hydrogen-bond acceptors (Lipinski definition) is 3. The van der Waals surface area contributed by atoms with Gasteiger partial charge in [-0.1, -0.05) is 6.07 Å². The zero-order valence-corrected chi connectivity index (χ0v) is 12.5. The highest BCUT2D eigenvalue weighted by Crippen LogP contribution is 2.32. The first-order chi connectivity index (χ1) is 10.2. The lowest BCUT2D eigenvalue weighted by Crippen LogP contribution is -2.38. The molecule has 1 aromatic carbocycles. The van der Waals surface area contributed by atoms with Crippen LogP contribution in [0.4, 0.5) is 10.1 Å². The molecule has 2 heterocycles. The predicted octanol–water partition coefficient (Wildman–Crippen LogP) is 3.42. The Balaban J connectivity index is 1.72. The summed E-state index contributed by atoms with van der Waals surface area (Å²) in [6.07, 6.45) is 4.86. The fourth-order valence-electron chi connectivity index (χ4n) is 3.61. The minimum Gasteiger partial charge on any atom is -0.378 e. The van der Waals surface area contributed by atoms with E-state index in [1.54, 1.807) is 6.07 Å². The second-order valence-electron chi connectivity index (χ2n) is 6.07. The van der Waals surface area contributed by atoms with Gasteiger partial charge in [-0.3, -0.25) is 4.79 Å². The number of ether oxygens (including phenoxy) is 1. The van der Waals surface area contributed by atoms with Crippen molar-refractivity contribution in [2.24, 2.45) is 5.92 Å². The fraction of sp³-hybridized carbons (Fsp3) is 0.588. The molecule has 0 aliphatic carbocycles. The smallest absolute Gasteiger partial charge is 0.164 e. The Kier molecular flexibility index (Phi) is 4.24. The van der Waals surface area contributed by atoms with Gasteiger partial charge in [-0.2, -0.15) is 0 Å². The van der Waals surface area contributed by atoms with E-state index < -0.39 is 5.82 Å². The summed E-state index contributed by atoms with van der Waals surface area (Å²) >= 11 is 0. The lowest BCUT2D eigenvalue weighted by Gasteiger charge is -2.36. The minimum absolute atomic E-state index is 0.204. The maximum absolute atomic E-state index is 13.9. The van der Waals surface area contributed by atoms with E-state index in [9.17, 15) is 9.18 Å². The Hall–Kier alpha value is -1.42. The fourth-order valence-corrected chi connectivity index (χ4v) is 3.61. The summed E-state index contributed by atoms with van der Waals surface area (Å²) in [5, 5.41) is 0. The molecule has 1 unspecified atom stereocenters. The molecule has 0 bridgehead atoms. The summed E-state index contributed by atoms with van der Waals surface area (Å²) in [6, 6.07) is 4.90. The Morgan fingerprint density at radius 2 is 2.05 bits per heavy atom. The van der Waals surface area contributed by atoms with E-state index in [1.807, 2.05) is 6.07 Å². The van der Waals surface area contributed by atoms with Crippen molar-refractivity contribution in [3.05, 3.63) is 29.6 Å². The van der Waals surface area contributed by atoms with Gasteiger partial charge >= 0.3 is 0 Å². The Bertz CT molecular complexity index is 518. The Morgan fingerprint density at radius 3 is 2.67 bits per heavy atom. The molecule has 4 heteroatoms. The average molecular weight is 291 g/mol. The molecule has 0 aromatic heterocycles. The summed E-state index contributed by atoms with van der Waals surface area (Å²) < 4.78 is 19.7. The number of Topliss-reactive ketones (excluding diaryl/α,β-unsaturated/α-hetero) is 1. The number of carbonyl (C=O) groups excluding carboxylic acids is 1. The molecule has 0 radical (unpaired) electrons. The van der Waals surface area contributed by atoms with Crippen LogP contribution in [0.25, 0.3) is 0 Å². The van der Waals surface area contributed by atoms with E-state index in [0.29, 0.717) is 12.0 Å². The van der Waals surface area contributed by atoms with E-state index >= 15 is 0 Å². The lowest BCUT2D eigenvalue weighted by molar-refractivity contribution is 0.0531. The molecule has 3 nitrogen and oxygen atoms in total. The highest BCUT2D eigenvalue weighted by atomic mass is 19.1. The Morgan fingerprint density at radius 1 is 1.29 bits per heavy atom. The number of carbonyl (C=O) groups is 1. The number of hydrogen-bond donors (Lipinski definition) is 0. The molecule has 0 N–H and O–H groups in total. The molecule has 0 spiro atoms. The summed E-state index contributed by atoms with van der Waals surface area (Å²) in [5.74, 6) is -0.0105. The predicted molar refractivity (Wildman–Crippen MR) is 80.3 cm³/mol. The molecule has 1 atom stereocenters. The van der Waals surface area contributed by atoms with Crippen LogP contribution in [-0.4, -0.2) is 31.6 Å². The van der Waals surface area contributed by atoms with Crippen LogP contribution in [0.2, 0.25) is 0 Å². The van der Waals surface area contributed by atoms with Gasteiger partial charge in [-0.25, -0.2) is 4.39 Å². The molecule has 21 heavy (non-hydrogen) atoms. The van der Waals surface area contributed by atoms with E-state index in [2.05, 4.69) is 4.90 Å². The van der Waals surface area contributed by atoms with Crippen molar-refractivity contribution >= 4 is 11.5 Å². The number of benzene rings is 1. The van der Waals surface area contributed by atoms with Crippen molar-refractivity contribution in [3.8, 4) is 0 Å². The lowest BCUT2D eigenvalue weighted by atomic mass is 9.89. The maximum atomic E-state index is 13.9. The average Bonchev–Trinajstić information content (AvgIpc) is 3.01. The zero-order chi connectivity index (χ0) is 14.8.